The first kappa shape index (κ1) is 93.8. The van der Waals surface area contributed by atoms with Gasteiger partial charge < -0.3 is 96.8 Å². The van der Waals surface area contributed by atoms with E-state index >= 15 is 0 Å². The van der Waals surface area contributed by atoms with Crippen LogP contribution in [0.15, 0.2) is 17.5 Å². The first-order valence-corrected chi connectivity index (χ1v) is 37.8. The maximum atomic E-state index is 14.7. The summed E-state index contributed by atoms with van der Waals surface area (Å²) < 4.78 is 0. The molecule has 2 rings (SSSR count). The van der Waals surface area contributed by atoms with E-state index in [0.717, 1.165) is 0 Å². The van der Waals surface area contributed by atoms with Gasteiger partial charge in [-0.25, -0.2) is 4.98 Å². The SMILES string of the molecule is CC[C@H](C)[C@H](NC(=O)[C@@H](NC(=O)[C@H](CCC(=O)O)NC(=O)C(CCCCC(=O)[C@H](CC(C)C)NC(=O)[C@H](CCCCN)NC(=O)[C@H](CCCN=C(N)N)NC(=O)[C@H](CC(C)C)NC(=O)[C@@H]1CCCCNC(=O)CC[C@@H](NC(C)=O)C(=O)N[C@@H](C)C(=O)N[C@@H](Cc2cnc[nH]2)C(=O)N1)C(C)C)[C@@H](C)CC)C(N)=O. The fourth-order valence-electron chi connectivity index (χ4n) is 12.0. The number of imidazole rings is 1. The Morgan fingerprint density at radius 1 is 0.607 bits per heavy atom. The molecule has 0 aliphatic carbocycles. The van der Waals surface area contributed by atoms with Crippen LogP contribution in [-0.2, 0) is 78.3 Å². The third kappa shape index (κ3) is 36.2. The van der Waals surface area contributed by atoms with Crippen molar-refractivity contribution in [3.63, 3.8) is 0 Å². The number of guanidine groups is 1. The molecule has 0 saturated carbocycles. The number of carbonyl (C=O) groups excluding carboxylic acids is 14. The van der Waals surface area contributed by atoms with E-state index in [1.165, 1.54) is 26.4 Å². The lowest BCUT2D eigenvalue weighted by molar-refractivity contribution is -0.139. The molecule has 14 atom stereocenters. The number of amides is 13. The molecule has 0 bridgehead atoms. The van der Waals surface area contributed by atoms with Crippen molar-refractivity contribution >= 4 is 94.5 Å². The van der Waals surface area contributed by atoms with Crippen molar-refractivity contribution < 1.29 is 77.0 Å². The minimum atomic E-state index is -1.38. The van der Waals surface area contributed by atoms with Gasteiger partial charge in [-0.3, -0.25) is 76.9 Å². The third-order valence-electron chi connectivity index (χ3n) is 18.7. The fourth-order valence-corrected chi connectivity index (χ4v) is 12.0. The standard InChI is InChI=1S/C72H125N19O16/c1-13-42(9)59(61(74)97)90-71(107)60(43(10)14-2)91-68(104)52(28-30-58(95)96)83-63(99)47(41(7)8)22-15-16-26-56(93)53(34-39(3)4)87-66(102)48(23-17-19-31-73)84-65(101)50(25-21-33-79-72(75)76)86-69(105)54(35-40(5)6)89-67(103)49-24-18-20-32-78-57(94)29-27-51(82-45(12)92)64(100)81-44(11)62(98)88-55(70(106)85-49)36-46-37-77-38-80-46/h37-44,47-55,59-60H,13-36,73H2,1-12H3,(H2,74,97)(H,77,80)(H,78,94)(H,81,100)(H,82,92)(H,83,99)(H,84,101)(H,85,106)(H,86,105)(H,87,102)(H,88,98)(H,89,103)(H,90,107)(H,91,104)(H,95,96)(H4,75,76,79)/t42-,43-,44-,47?,48-,49-,50-,51+,52-,53-,54-,55-,59-,60-/m0/s1. The quantitative estimate of drug-likeness (QED) is 0.0223. The van der Waals surface area contributed by atoms with Crippen LogP contribution in [0.2, 0.25) is 0 Å². The number of ketones is 1. The molecule has 1 aromatic heterocycles. The number of primary amides is 1. The molecule has 1 aliphatic heterocycles. The Balaban J connectivity index is 2.46. The summed E-state index contributed by atoms with van der Waals surface area (Å²) in [5.41, 5.74) is 23.2. The van der Waals surface area contributed by atoms with Crippen molar-refractivity contribution in [1.29, 1.82) is 0 Å². The zero-order valence-electron chi connectivity index (χ0n) is 64.7. The van der Waals surface area contributed by atoms with Crippen LogP contribution in [0.4, 0.5) is 0 Å². The number of rotatable bonds is 44. The van der Waals surface area contributed by atoms with Gasteiger partial charge in [-0.15, -0.1) is 0 Å². The zero-order valence-corrected chi connectivity index (χ0v) is 64.7. The fraction of sp³-hybridized carbons (Fsp3) is 0.736. The number of carbonyl (C=O) groups is 15. The van der Waals surface area contributed by atoms with Crippen LogP contribution in [0.25, 0.3) is 0 Å². The van der Waals surface area contributed by atoms with Gasteiger partial charge in [-0.05, 0) is 133 Å². The largest absolute Gasteiger partial charge is 0.481 e. The Hall–Kier alpha value is -9.31. The molecule has 35 nitrogen and oxygen atoms in total. The van der Waals surface area contributed by atoms with Crippen LogP contribution in [0.1, 0.15) is 217 Å². The van der Waals surface area contributed by atoms with Crippen molar-refractivity contribution in [1.82, 2.24) is 73.8 Å². The number of Topliss-reactive ketones (excluding diaryl/α,β-unsaturated/α-hetero) is 1. The molecule has 107 heavy (non-hydrogen) atoms. The number of unbranched alkanes of at least 4 members (excludes halogenated alkanes) is 2. The Bertz CT molecular complexity index is 3110. The Labute approximate surface area is 628 Å². The number of carboxylic acids is 1. The minimum absolute atomic E-state index is 0.0161. The molecule has 0 radical (unpaired) electrons. The van der Waals surface area contributed by atoms with E-state index in [-0.39, 0.29) is 145 Å². The van der Waals surface area contributed by atoms with E-state index in [4.69, 9.17) is 22.9 Å². The molecule has 1 unspecified atom stereocenters. The van der Waals surface area contributed by atoms with E-state index in [0.29, 0.717) is 44.2 Å². The summed E-state index contributed by atoms with van der Waals surface area (Å²) in [7, 11) is 0. The van der Waals surface area contributed by atoms with Gasteiger partial charge in [0.05, 0.1) is 12.4 Å². The van der Waals surface area contributed by atoms with Gasteiger partial charge in [0.25, 0.3) is 0 Å². The molecule has 1 aliphatic rings. The molecule has 0 aromatic carbocycles. The minimum Gasteiger partial charge on any atom is -0.481 e. The topological polar surface area (TPSA) is 566 Å². The molecular formula is C72H125N19O16. The molecule has 0 spiro atoms. The van der Waals surface area contributed by atoms with E-state index in [9.17, 15) is 77.0 Å². The molecule has 1 fully saturated rings. The highest BCUT2D eigenvalue weighted by atomic mass is 16.4. The van der Waals surface area contributed by atoms with Gasteiger partial charge in [-0.1, -0.05) is 88.5 Å². The zero-order chi connectivity index (χ0) is 80.6. The lowest BCUT2D eigenvalue weighted by Crippen LogP contribution is -2.60. The Morgan fingerprint density at radius 3 is 1.73 bits per heavy atom. The molecule has 22 N–H and O–H groups in total. The van der Waals surface area contributed by atoms with Crippen molar-refractivity contribution in [2.45, 2.75) is 284 Å². The molecule has 2 heterocycles. The number of carboxylic acid groups (broad SMARTS) is 1. The van der Waals surface area contributed by atoms with Crippen LogP contribution in [-0.4, -0.2) is 196 Å². The molecule has 35 heteroatoms. The summed E-state index contributed by atoms with van der Waals surface area (Å²) >= 11 is 0. The van der Waals surface area contributed by atoms with E-state index in [1.807, 2.05) is 20.8 Å². The molecule has 604 valence electrons. The average Bonchev–Trinajstić information content (AvgIpc) is 1.39. The van der Waals surface area contributed by atoms with Gasteiger partial charge in [-0.2, -0.15) is 0 Å². The predicted molar refractivity (Wildman–Crippen MR) is 399 cm³/mol. The van der Waals surface area contributed by atoms with Crippen LogP contribution < -0.4 is 86.7 Å². The Kier molecular flexibility index (Phi) is 43.4. The summed E-state index contributed by atoms with van der Waals surface area (Å²) in [5, 5.41) is 42.1. The number of aromatic amines is 1. The normalized spacial score (nSPS) is 19.0. The second-order valence-corrected chi connectivity index (χ2v) is 29.2. The van der Waals surface area contributed by atoms with Crippen LogP contribution in [0.3, 0.4) is 0 Å². The monoisotopic (exact) mass is 1510 g/mol. The molecule has 1 saturated heterocycles. The van der Waals surface area contributed by atoms with Gasteiger partial charge in [0.2, 0.25) is 76.8 Å². The van der Waals surface area contributed by atoms with E-state index < -0.39 is 167 Å². The summed E-state index contributed by atoms with van der Waals surface area (Å²) in [5.74, 6) is -13.2. The molecule has 1 aromatic rings. The van der Waals surface area contributed by atoms with Crippen molar-refractivity contribution in [3.8, 4) is 0 Å². The Morgan fingerprint density at radius 2 is 1.17 bits per heavy atom. The maximum absolute atomic E-state index is 14.7. The van der Waals surface area contributed by atoms with Gasteiger partial charge >= 0.3 is 5.97 Å². The van der Waals surface area contributed by atoms with E-state index in [1.54, 1.807) is 48.5 Å². The first-order chi connectivity index (χ1) is 50.4. The predicted octanol–water partition coefficient (Wildman–Crippen LogP) is -0.476. The van der Waals surface area contributed by atoms with Gasteiger partial charge in [0.1, 0.15) is 60.4 Å². The number of aliphatic imine (C=N–C) groups is 1. The maximum Gasteiger partial charge on any atom is 0.303 e. The lowest BCUT2D eigenvalue weighted by Gasteiger charge is -2.30. The van der Waals surface area contributed by atoms with Crippen molar-refractivity contribution in [3.05, 3.63) is 18.2 Å². The number of hydrogen-bond acceptors (Lipinski definition) is 18. The van der Waals surface area contributed by atoms with Gasteiger partial charge in [0, 0.05) is 63.5 Å². The van der Waals surface area contributed by atoms with Crippen LogP contribution in [0, 0.1) is 35.5 Å². The van der Waals surface area contributed by atoms with Crippen molar-refractivity contribution in [2.24, 2.45) is 63.4 Å². The average molecular weight is 1510 g/mol. The van der Waals surface area contributed by atoms with Gasteiger partial charge in [0.15, 0.2) is 11.7 Å². The van der Waals surface area contributed by atoms with Crippen molar-refractivity contribution in [2.75, 3.05) is 19.6 Å². The number of aromatic nitrogens is 2. The highest BCUT2D eigenvalue weighted by molar-refractivity contribution is 5.99. The number of aliphatic carboxylic acids is 1. The van der Waals surface area contributed by atoms with Crippen LogP contribution >= 0.6 is 0 Å². The smallest absolute Gasteiger partial charge is 0.303 e. The highest BCUT2D eigenvalue weighted by Crippen LogP contribution is 2.22. The molecule has 13 amide bonds. The summed E-state index contributed by atoms with van der Waals surface area (Å²) in [4.78, 5) is 216. The number of nitrogens with zero attached hydrogens (tertiary/aromatic N) is 2. The summed E-state index contributed by atoms with van der Waals surface area (Å²) in [6.45, 7) is 21.0. The third-order valence-corrected chi connectivity index (χ3v) is 18.7. The number of nitrogens with one attached hydrogen (secondary N) is 13. The summed E-state index contributed by atoms with van der Waals surface area (Å²) in [6.07, 6.45) is 4.94. The van der Waals surface area contributed by atoms with Crippen LogP contribution in [0.5, 0.6) is 0 Å². The number of nitrogens with two attached hydrogens (primary N) is 4. The molecular weight excluding hydrogens is 1390 g/mol. The summed E-state index contributed by atoms with van der Waals surface area (Å²) in [6, 6.07) is -13.8. The number of H-pyrrole nitrogens is 1. The number of hydrogen-bond donors (Lipinski definition) is 18. The second kappa shape index (κ2) is 49.5. The highest BCUT2D eigenvalue weighted by Gasteiger charge is 2.38. The van der Waals surface area contributed by atoms with E-state index in [2.05, 4.69) is 78.8 Å². The first-order valence-electron chi connectivity index (χ1n) is 37.8. The lowest BCUT2D eigenvalue weighted by atomic mass is 9.88. The second-order valence-electron chi connectivity index (χ2n) is 29.2.